The number of anilines is 1. The fourth-order valence-electron chi connectivity index (χ4n) is 2.82. The third-order valence-electron chi connectivity index (χ3n) is 4.20. The molecule has 1 aliphatic heterocycles. The largest absolute Gasteiger partial charge is 0.356 e. The molecule has 0 radical (unpaired) electrons. The summed E-state index contributed by atoms with van der Waals surface area (Å²) >= 11 is 6.20. The quantitative estimate of drug-likeness (QED) is 0.792. The first-order chi connectivity index (χ1) is 10.1. The van der Waals surface area contributed by atoms with Crippen LogP contribution < -0.4 is 4.90 Å². The van der Waals surface area contributed by atoms with Gasteiger partial charge in [0.25, 0.3) is 0 Å². The Morgan fingerprint density at radius 2 is 1.95 bits per heavy atom. The molecule has 1 unspecified atom stereocenters. The molecule has 0 bridgehead atoms. The Labute approximate surface area is 131 Å². The minimum Gasteiger partial charge on any atom is -0.356 e. The predicted molar refractivity (Wildman–Crippen MR) is 87.6 cm³/mol. The van der Waals surface area contributed by atoms with Crippen LogP contribution in [0.3, 0.4) is 0 Å². The van der Waals surface area contributed by atoms with E-state index in [-0.39, 0.29) is 0 Å². The van der Waals surface area contributed by atoms with Gasteiger partial charge in [0, 0.05) is 24.7 Å². The Hall–Kier alpha value is -1.61. The van der Waals surface area contributed by atoms with Gasteiger partial charge in [0.1, 0.15) is 11.0 Å². The summed E-state index contributed by atoms with van der Waals surface area (Å²) in [7, 11) is 0. The van der Waals surface area contributed by atoms with E-state index in [4.69, 9.17) is 16.6 Å². The second-order valence-corrected chi connectivity index (χ2v) is 6.36. The summed E-state index contributed by atoms with van der Waals surface area (Å²) in [5.74, 6) is 3.09. The lowest BCUT2D eigenvalue weighted by atomic mass is 9.95. The zero-order valence-electron chi connectivity index (χ0n) is 12.5. The molecule has 0 spiro atoms. The van der Waals surface area contributed by atoms with Crippen LogP contribution in [0.4, 0.5) is 5.82 Å². The van der Waals surface area contributed by atoms with Crippen LogP contribution in [0.2, 0.25) is 5.15 Å². The van der Waals surface area contributed by atoms with Gasteiger partial charge in [0.05, 0.1) is 0 Å². The Balaban J connectivity index is 1.89. The first kappa shape index (κ1) is 14.3. The third-order valence-corrected chi connectivity index (χ3v) is 4.40. The minimum absolute atomic E-state index is 0.506. The molecule has 1 aromatic heterocycles. The van der Waals surface area contributed by atoms with Gasteiger partial charge >= 0.3 is 0 Å². The number of halogens is 1. The van der Waals surface area contributed by atoms with E-state index in [2.05, 4.69) is 23.7 Å². The molecule has 3 nitrogen and oxygen atoms in total. The lowest BCUT2D eigenvalue weighted by Gasteiger charge is -2.19. The van der Waals surface area contributed by atoms with Gasteiger partial charge in [-0.25, -0.2) is 9.97 Å². The maximum absolute atomic E-state index is 6.20. The topological polar surface area (TPSA) is 29.0 Å². The van der Waals surface area contributed by atoms with E-state index in [1.165, 1.54) is 6.42 Å². The first-order valence-electron chi connectivity index (χ1n) is 7.48. The van der Waals surface area contributed by atoms with Crippen molar-refractivity contribution >= 4 is 17.4 Å². The Bertz CT molecular complexity index is 613. The van der Waals surface area contributed by atoms with Crippen LogP contribution in [0, 0.1) is 11.8 Å². The maximum atomic E-state index is 6.20. The molecule has 1 aliphatic rings. The van der Waals surface area contributed by atoms with Gasteiger partial charge in [-0.1, -0.05) is 55.8 Å². The molecule has 1 aromatic carbocycles. The van der Waals surface area contributed by atoms with Gasteiger partial charge in [-0.05, 0) is 18.3 Å². The van der Waals surface area contributed by atoms with E-state index in [1.807, 2.05) is 36.4 Å². The Kier molecular flexibility index (Phi) is 4.11. The summed E-state index contributed by atoms with van der Waals surface area (Å²) in [6.07, 6.45) is 1.22. The fourth-order valence-corrected chi connectivity index (χ4v) is 3.00. The molecule has 0 aliphatic carbocycles. The standard InChI is InChI=1S/C17H20ClN3/c1-12(2)14-8-9-21(11-14)16-10-15(18)19-17(20-16)13-6-4-3-5-7-13/h3-7,10,12,14H,8-9,11H2,1-2H3. The first-order valence-corrected chi connectivity index (χ1v) is 7.86. The van der Waals surface area contributed by atoms with Crippen LogP contribution in [0.15, 0.2) is 36.4 Å². The lowest BCUT2D eigenvalue weighted by molar-refractivity contribution is 0.422. The van der Waals surface area contributed by atoms with Gasteiger partial charge in [-0.2, -0.15) is 0 Å². The molecular weight excluding hydrogens is 282 g/mol. The Morgan fingerprint density at radius 1 is 1.19 bits per heavy atom. The number of benzene rings is 1. The molecular formula is C17H20ClN3. The maximum Gasteiger partial charge on any atom is 0.163 e. The highest BCUT2D eigenvalue weighted by atomic mass is 35.5. The summed E-state index contributed by atoms with van der Waals surface area (Å²) in [5, 5.41) is 0.506. The van der Waals surface area contributed by atoms with Crippen LogP contribution in [0.5, 0.6) is 0 Å². The molecule has 0 saturated carbocycles. The van der Waals surface area contributed by atoms with E-state index >= 15 is 0 Å². The number of rotatable bonds is 3. The van der Waals surface area contributed by atoms with Crippen molar-refractivity contribution in [3.8, 4) is 11.4 Å². The fraction of sp³-hybridized carbons (Fsp3) is 0.412. The molecule has 21 heavy (non-hydrogen) atoms. The number of aromatic nitrogens is 2. The zero-order chi connectivity index (χ0) is 14.8. The molecule has 3 rings (SSSR count). The summed E-state index contributed by atoms with van der Waals surface area (Å²) in [5.41, 5.74) is 1.00. The highest BCUT2D eigenvalue weighted by molar-refractivity contribution is 6.29. The highest BCUT2D eigenvalue weighted by Crippen LogP contribution is 2.29. The van der Waals surface area contributed by atoms with Crippen LogP contribution in [-0.4, -0.2) is 23.1 Å². The smallest absolute Gasteiger partial charge is 0.163 e. The van der Waals surface area contributed by atoms with Crippen LogP contribution >= 0.6 is 11.6 Å². The van der Waals surface area contributed by atoms with Crippen molar-refractivity contribution in [2.75, 3.05) is 18.0 Å². The van der Waals surface area contributed by atoms with E-state index < -0.39 is 0 Å². The monoisotopic (exact) mass is 301 g/mol. The van der Waals surface area contributed by atoms with Crippen molar-refractivity contribution in [3.63, 3.8) is 0 Å². The second-order valence-electron chi connectivity index (χ2n) is 5.98. The average Bonchev–Trinajstić information content (AvgIpc) is 2.98. The highest BCUT2D eigenvalue weighted by Gasteiger charge is 2.26. The van der Waals surface area contributed by atoms with Crippen LogP contribution in [0.25, 0.3) is 11.4 Å². The van der Waals surface area contributed by atoms with E-state index in [9.17, 15) is 0 Å². The van der Waals surface area contributed by atoms with E-state index in [1.54, 1.807) is 0 Å². The second kappa shape index (κ2) is 6.02. The van der Waals surface area contributed by atoms with Crippen molar-refractivity contribution in [2.24, 2.45) is 11.8 Å². The van der Waals surface area contributed by atoms with Gasteiger partial charge in [0.2, 0.25) is 0 Å². The van der Waals surface area contributed by atoms with Gasteiger partial charge in [-0.3, -0.25) is 0 Å². The molecule has 2 heterocycles. The molecule has 0 amide bonds. The van der Waals surface area contributed by atoms with Gasteiger partial charge < -0.3 is 4.90 Å². The molecule has 110 valence electrons. The van der Waals surface area contributed by atoms with Crippen LogP contribution in [0.1, 0.15) is 20.3 Å². The minimum atomic E-state index is 0.506. The van der Waals surface area contributed by atoms with Crippen molar-refractivity contribution in [2.45, 2.75) is 20.3 Å². The molecule has 1 fully saturated rings. The molecule has 4 heteroatoms. The molecule has 1 saturated heterocycles. The average molecular weight is 302 g/mol. The number of nitrogens with zero attached hydrogens (tertiary/aromatic N) is 3. The number of hydrogen-bond donors (Lipinski definition) is 0. The summed E-state index contributed by atoms with van der Waals surface area (Å²) in [4.78, 5) is 11.4. The van der Waals surface area contributed by atoms with E-state index in [0.717, 1.165) is 30.4 Å². The van der Waals surface area contributed by atoms with Crippen molar-refractivity contribution in [1.29, 1.82) is 0 Å². The molecule has 0 N–H and O–H groups in total. The lowest BCUT2D eigenvalue weighted by Crippen LogP contribution is -2.22. The molecule has 1 atom stereocenters. The summed E-state index contributed by atoms with van der Waals surface area (Å²) < 4.78 is 0. The van der Waals surface area contributed by atoms with Gasteiger partial charge in [-0.15, -0.1) is 0 Å². The predicted octanol–water partition coefficient (Wildman–Crippen LogP) is 4.28. The molecule has 2 aromatic rings. The van der Waals surface area contributed by atoms with Crippen molar-refractivity contribution < 1.29 is 0 Å². The van der Waals surface area contributed by atoms with Gasteiger partial charge in [0.15, 0.2) is 5.82 Å². The summed E-state index contributed by atoms with van der Waals surface area (Å²) in [6, 6.07) is 11.9. The van der Waals surface area contributed by atoms with Crippen LogP contribution in [-0.2, 0) is 0 Å². The van der Waals surface area contributed by atoms with E-state index in [0.29, 0.717) is 16.9 Å². The van der Waals surface area contributed by atoms with Crippen molar-refractivity contribution in [3.05, 3.63) is 41.6 Å². The Morgan fingerprint density at radius 3 is 2.62 bits per heavy atom. The SMILES string of the molecule is CC(C)C1CCN(c2cc(Cl)nc(-c3ccccc3)n2)C1. The number of hydrogen-bond acceptors (Lipinski definition) is 3. The zero-order valence-corrected chi connectivity index (χ0v) is 13.2. The summed E-state index contributed by atoms with van der Waals surface area (Å²) in [6.45, 7) is 6.68. The normalized spacial score (nSPS) is 18.5. The van der Waals surface area contributed by atoms with Crippen molar-refractivity contribution in [1.82, 2.24) is 9.97 Å². The third kappa shape index (κ3) is 3.18.